The number of aliphatic hydroxyl groups is 1. The van der Waals surface area contributed by atoms with E-state index in [4.69, 9.17) is 16.7 Å². The van der Waals surface area contributed by atoms with E-state index in [9.17, 15) is 8.42 Å². The Morgan fingerprint density at radius 2 is 2.25 bits per heavy atom. The van der Waals surface area contributed by atoms with Crippen LogP contribution in [0.4, 0.5) is 0 Å². The molecule has 0 fully saturated rings. The van der Waals surface area contributed by atoms with E-state index in [1.807, 2.05) is 0 Å². The standard InChI is InChI=1S/C9H13ClN2O3S/c1-7(13)4-5-12-16(14,15)8-2-3-9(10)11-6-8/h2-3,6-7,12-13H,4-5H2,1H3. The number of pyridine rings is 1. The Bertz CT molecular complexity index is 431. The molecule has 0 aliphatic carbocycles. The molecule has 0 saturated carbocycles. The van der Waals surface area contributed by atoms with E-state index in [-0.39, 0.29) is 16.6 Å². The molecule has 1 aromatic heterocycles. The predicted octanol–water partition coefficient (Wildman–Crippen LogP) is 0.784. The maximum absolute atomic E-state index is 11.6. The van der Waals surface area contributed by atoms with Gasteiger partial charge in [0.05, 0.1) is 6.10 Å². The summed E-state index contributed by atoms with van der Waals surface area (Å²) in [5, 5.41) is 9.23. The second kappa shape index (κ2) is 5.58. The van der Waals surface area contributed by atoms with E-state index in [0.29, 0.717) is 6.42 Å². The Balaban J connectivity index is 2.67. The normalized spacial score (nSPS) is 13.7. The summed E-state index contributed by atoms with van der Waals surface area (Å²) in [6.45, 7) is 1.78. The van der Waals surface area contributed by atoms with Gasteiger partial charge in [-0.05, 0) is 25.5 Å². The summed E-state index contributed by atoms with van der Waals surface area (Å²) >= 11 is 5.55. The maximum atomic E-state index is 11.6. The molecule has 1 heterocycles. The highest BCUT2D eigenvalue weighted by Crippen LogP contribution is 2.10. The number of nitrogens with zero attached hydrogens (tertiary/aromatic N) is 1. The van der Waals surface area contributed by atoms with E-state index in [0.717, 1.165) is 0 Å². The van der Waals surface area contributed by atoms with Gasteiger partial charge in [0.25, 0.3) is 0 Å². The van der Waals surface area contributed by atoms with Crippen LogP contribution >= 0.6 is 11.6 Å². The van der Waals surface area contributed by atoms with Crippen molar-refractivity contribution in [2.24, 2.45) is 0 Å². The van der Waals surface area contributed by atoms with Crippen molar-refractivity contribution in [3.05, 3.63) is 23.5 Å². The summed E-state index contributed by atoms with van der Waals surface area (Å²) < 4.78 is 25.7. The van der Waals surface area contributed by atoms with Crippen LogP contribution in [0.1, 0.15) is 13.3 Å². The Hall–Kier alpha value is -0.690. The van der Waals surface area contributed by atoms with Crippen LogP contribution in [0.25, 0.3) is 0 Å². The zero-order valence-electron chi connectivity index (χ0n) is 8.72. The molecular weight excluding hydrogens is 252 g/mol. The quantitative estimate of drug-likeness (QED) is 0.771. The molecular formula is C9H13ClN2O3S. The minimum Gasteiger partial charge on any atom is -0.393 e. The number of hydrogen-bond donors (Lipinski definition) is 2. The molecule has 1 aromatic rings. The SMILES string of the molecule is CC(O)CCNS(=O)(=O)c1ccc(Cl)nc1. The van der Waals surface area contributed by atoms with Crippen LogP contribution in [0.2, 0.25) is 5.15 Å². The van der Waals surface area contributed by atoms with Gasteiger partial charge in [0.2, 0.25) is 10.0 Å². The summed E-state index contributed by atoms with van der Waals surface area (Å²) in [7, 11) is -3.55. The van der Waals surface area contributed by atoms with Gasteiger partial charge >= 0.3 is 0 Å². The Morgan fingerprint density at radius 1 is 1.56 bits per heavy atom. The highest BCUT2D eigenvalue weighted by Gasteiger charge is 2.13. The maximum Gasteiger partial charge on any atom is 0.242 e. The molecule has 1 rings (SSSR count). The topological polar surface area (TPSA) is 79.3 Å². The van der Waals surface area contributed by atoms with Crippen molar-refractivity contribution in [3.63, 3.8) is 0 Å². The van der Waals surface area contributed by atoms with Crippen LogP contribution < -0.4 is 4.72 Å². The number of sulfonamides is 1. The fourth-order valence-corrected chi connectivity index (χ4v) is 2.11. The van der Waals surface area contributed by atoms with Crippen molar-refractivity contribution in [2.75, 3.05) is 6.54 Å². The zero-order valence-corrected chi connectivity index (χ0v) is 10.3. The van der Waals surface area contributed by atoms with Crippen molar-refractivity contribution in [1.29, 1.82) is 0 Å². The van der Waals surface area contributed by atoms with Crippen LogP contribution in [-0.2, 0) is 10.0 Å². The van der Waals surface area contributed by atoms with Crippen molar-refractivity contribution in [3.8, 4) is 0 Å². The fraction of sp³-hybridized carbons (Fsp3) is 0.444. The molecule has 1 unspecified atom stereocenters. The summed E-state index contributed by atoms with van der Waals surface area (Å²) in [5.74, 6) is 0. The highest BCUT2D eigenvalue weighted by molar-refractivity contribution is 7.89. The minimum absolute atomic E-state index is 0.0579. The molecule has 0 aromatic carbocycles. The lowest BCUT2D eigenvalue weighted by Gasteiger charge is -2.07. The van der Waals surface area contributed by atoms with E-state index < -0.39 is 16.1 Å². The number of aromatic nitrogens is 1. The Kier molecular flexibility index (Phi) is 4.67. The number of nitrogens with one attached hydrogen (secondary N) is 1. The second-order valence-corrected chi connectivity index (χ2v) is 5.51. The lowest BCUT2D eigenvalue weighted by molar-refractivity contribution is 0.186. The first-order valence-corrected chi connectivity index (χ1v) is 6.57. The average Bonchev–Trinajstić information content (AvgIpc) is 2.17. The first-order valence-electron chi connectivity index (χ1n) is 4.71. The van der Waals surface area contributed by atoms with Gasteiger partial charge in [0.15, 0.2) is 0 Å². The molecule has 1 atom stereocenters. The first kappa shape index (κ1) is 13.4. The van der Waals surface area contributed by atoms with Gasteiger partial charge in [-0.2, -0.15) is 0 Å². The zero-order chi connectivity index (χ0) is 12.2. The number of hydrogen-bond acceptors (Lipinski definition) is 4. The number of aliphatic hydroxyl groups excluding tert-OH is 1. The molecule has 0 amide bonds. The van der Waals surface area contributed by atoms with Crippen LogP contribution in [0.5, 0.6) is 0 Å². The monoisotopic (exact) mass is 264 g/mol. The minimum atomic E-state index is -3.55. The summed E-state index contributed by atoms with van der Waals surface area (Å²) in [6.07, 6.45) is 1.01. The third-order valence-corrected chi connectivity index (χ3v) is 3.53. The molecule has 16 heavy (non-hydrogen) atoms. The molecule has 0 radical (unpaired) electrons. The Labute approximate surface area is 99.5 Å². The third kappa shape index (κ3) is 4.05. The number of halogens is 1. The molecule has 0 aliphatic rings. The van der Waals surface area contributed by atoms with Crippen molar-refractivity contribution in [2.45, 2.75) is 24.3 Å². The third-order valence-electron chi connectivity index (χ3n) is 1.86. The van der Waals surface area contributed by atoms with E-state index in [1.165, 1.54) is 18.3 Å². The fourth-order valence-electron chi connectivity index (χ4n) is 1.01. The average molecular weight is 265 g/mol. The summed E-state index contributed by atoms with van der Waals surface area (Å²) in [5.41, 5.74) is 0. The van der Waals surface area contributed by atoms with E-state index in [2.05, 4.69) is 9.71 Å². The molecule has 0 bridgehead atoms. The van der Waals surface area contributed by atoms with Crippen LogP contribution in [0.3, 0.4) is 0 Å². The molecule has 7 heteroatoms. The predicted molar refractivity (Wildman–Crippen MR) is 60.7 cm³/mol. The van der Waals surface area contributed by atoms with Gasteiger partial charge in [-0.1, -0.05) is 11.6 Å². The molecule has 2 N–H and O–H groups in total. The smallest absolute Gasteiger partial charge is 0.242 e. The lowest BCUT2D eigenvalue weighted by Crippen LogP contribution is -2.26. The van der Waals surface area contributed by atoms with Crippen molar-refractivity contribution >= 4 is 21.6 Å². The van der Waals surface area contributed by atoms with Gasteiger partial charge in [0.1, 0.15) is 10.0 Å². The summed E-state index contributed by atoms with van der Waals surface area (Å²) in [6, 6.07) is 2.78. The molecule has 0 spiro atoms. The molecule has 0 aliphatic heterocycles. The van der Waals surface area contributed by atoms with E-state index in [1.54, 1.807) is 6.92 Å². The van der Waals surface area contributed by atoms with Crippen molar-refractivity contribution in [1.82, 2.24) is 9.71 Å². The van der Waals surface area contributed by atoms with Gasteiger partial charge in [-0.15, -0.1) is 0 Å². The summed E-state index contributed by atoms with van der Waals surface area (Å²) in [4.78, 5) is 3.74. The number of rotatable bonds is 5. The highest BCUT2D eigenvalue weighted by atomic mass is 35.5. The van der Waals surface area contributed by atoms with Crippen LogP contribution in [0.15, 0.2) is 23.2 Å². The van der Waals surface area contributed by atoms with Crippen LogP contribution in [-0.4, -0.2) is 31.2 Å². The lowest BCUT2D eigenvalue weighted by atomic mass is 10.3. The van der Waals surface area contributed by atoms with Crippen molar-refractivity contribution < 1.29 is 13.5 Å². The van der Waals surface area contributed by atoms with Gasteiger partial charge in [0, 0.05) is 12.7 Å². The Morgan fingerprint density at radius 3 is 2.75 bits per heavy atom. The van der Waals surface area contributed by atoms with Crippen LogP contribution in [0, 0.1) is 0 Å². The molecule has 90 valence electrons. The van der Waals surface area contributed by atoms with Gasteiger partial charge in [-0.25, -0.2) is 18.1 Å². The van der Waals surface area contributed by atoms with Gasteiger partial charge in [-0.3, -0.25) is 0 Å². The second-order valence-electron chi connectivity index (χ2n) is 3.35. The first-order chi connectivity index (χ1) is 7.42. The molecule has 0 saturated heterocycles. The van der Waals surface area contributed by atoms with Gasteiger partial charge < -0.3 is 5.11 Å². The molecule has 5 nitrogen and oxygen atoms in total. The van der Waals surface area contributed by atoms with E-state index >= 15 is 0 Å². The largest absolute Gasteiger partial charge is 0.393 e.